The molecule has 4 heteroatoms. The van der Waals surface area contributed by atoms with Crippen LogP contribution in [0.15, 0.2) is 0 Å². The number of hydrogen-bond acceptors (Lipinski definition) is 2. The van der Waals surface area contributed by atoms with Crippen molar-refractivity contribution in [3.05, 3.63) is 0 Å². The first kappa shape index (κ1) is 12.2. The van der Waals surface area contributed by atoms with Crippen molar-refractivity contribution < 1.29 is 10.0 Å². The van der Waals surface area contributed by atoms with Gasteiger partial charge in [-0.05, 0) is 12.8 Å². The molecule has 0 spiro atoms. The predicted octanol–water partition coefficient (Wildman–Crippen LogP) is 1.99. The molecule has 0 rings (SSSR count). The molecule has 4 nitrogen and oxygen atoms in total. The van der Waals surface area contributed by atoms with Gasteiger partial charge in [-0.25, -0.2) is 9.86 Å². The average molecular weight is 188 g/mol. The minimum absolute atomic E-state index is 0.387. The SMILES string of the molecule is CCCCNC(=O)N(O)CCCC. The second kappa shape index (κ2) is 7.86. The lowest BCUT2D eigenvalue weighted by molar-refractivity contribution is -0.0437. The van der Waals surface area contributed by atoms with Gasteiger partial charge in [0.05, 0.1) is 6.54 Å². The molecule has 0 atom stereocenters. The Morgan fingerprint density at radius 1 is 1.31 bits per heavy atom. The van der Waals surface area contributed by atoms with Crippen molar-refractivity contribution in [2.24, 2.45) is 0 Å². The molecule has 0 saturated carbocycles. The molecule has 0 radical (unpaired) electrons. The third-order valence-electron chi connectivity index (χ3n) is 1.76. The van der Waals surface area contributed by atoms with Crippen LogP contribution in [0.2, 0.25) is 0 Å². The van der Waals surface area contributed by atoms with Crippen molar-refractivity contribution in [3.63, 3.8) is 0 Å². The summed E-state index contributed by atoms with van der Waals surface area (Å²) in [5.41, 5.74) is 0. The lowest BCUT2D eigenvalue weighted by Crippen LogP contribution is -2.38. The zero-order valence-electron chi connectivity index (χ0n) is 8.55. The third-order valence-corrected chi connectivity index (χ3v) is 1.76. The number of urea groups is 1. The zero-order chi connectivity index (χ0) is 10.1. The van der Waals surface area contributed by atoms with Gasteiger partial charge in [-0.15, -0.1) is 0 Å². The maximum absolute atomic E-state index is 11.1. The summed E-state index contributed by atoms with van der Waals surface area (Å²) in [5.74, 6) is 0. The summed E-state index contributed by atoms with van der Waals surface area (Å²) in [6, 6.07) is -0.387. The lowest BCUT2D eigenvalue weighted by atomic mass is 10.3. The number of rotatable bonds is 6. The summed E-state index contributed by atoms with van der Waals surface area (Å²) in [4.78, 5) is 11.1. The molecule has 0 unspecified atom stereocenters. The smallest absolute Gasteiger partial charge is 0.336 e. The van der Waals surface area contributed by atoms with Gasteiger partial charge in [0.15, 0.2) is 0 Å². The second-order valence-electron chi connectivity index (χ2n) is 3.06. The predicted molar refractivity (Wildman–Crippen MR) is 51.7 cm³/mol. The molecule has 13 heavy (non-hydrogen) atoms. The Morgan fingerprint density at radius 2 is 1.92 bits per heavy atom. The standard InChI is InChI=1S/C9H20N2O2/c1-3-5-7-10-9(12)11(13)8-6-4-2/h13H,3-8H2,1-2H3,(H,10,12). The number of carbonyl (C=O) groups is 1. The molecular weight excluding hydrogens is 168 g/mol. The summed E-state index contributed by atoms with van der Waals surface area (Å²) < 4.78 is 0. The molecule has 2 N–H and O–H groups in total. The van der Waals surface area contributed by atoms with Crippen LogP contribution in [0, 0.1) is 0 Å². The highest BCUT2D eigenvalue weighted by atomic mass is 16.5. The van der Waals surface area contributed by atoms with Crippen LogP contribution in [0.25, 0.3) is 0 Å². The first-order valence-electron chi connectivity index (χ1n) is 4.96. The Morgan fingerprint density at radius 3 is 2.46 bits per heavy atom. The van der Waals surface area contributed by atoms with E-state index in [1.54, 1.807) is 0 Å². The van der Waals surface area contributed by atoms with Crippen LogP contribution in [-0.2, 0) is 0 Å². The highest BCUT2D eigenvalue weighted by Crippen LogP contribution is 1.92. The maximum atomic E-state index is 11.1. The van der Waals surface area contributed by atoms with Crippen molar-refractivity contribution in [3.8, 4) is 0 Å². The molecule has 0 bridgehead atoms. The van der Waals surface area contributed by atoms with Crippen molar-refractivity contribution in [1.29, 1.82) is 0 Å². The minimum Gasteiger partial charge on any atom is -0.336 e. The van der Waals surface area contributed by atoms with Crippen LogP contribution in [0.4, 0.5) is 4.79 Å². The lowest BCUT2D eigenvalue weighted by Gasteiger charge is -2.14. The van der Waals surface area contributed by atoms with Crippen LogP contribution >= 0.6 is 0 Å². The number of hydroxylamine groups is 2. The molecule has 78 valence electrons. The van der Waals surface area contributed by atoms with E-state index >= 15 is 0 Å². The Kier molecular flexibility index (Phi) is 7.39. The molecule has 0 aliphatic carbocycles. The fourth-order valence-corrected chi connectivity index (χ4v) is 0.873. The van der Waals surface area contributed by atoms with Gasteiger partial charge in [0, 0.05) is 6.54 Å². The quantitative estimate of drug-likeness (QED) is 0.380. The van der Waals surface area contributed by atoms with Gasteiger partial charge in [-0.3, -0.25) is 5.21 Å². The molecule has 0 heterocycles. The van der Waals surface area contributed by atoms with Crippen LogP contribution in [0.1, 0.15) is 39.5 Å². The normalized spacial score (nSPS) is 9.77. The molecular formula is C9H20N2O2. The molecule has 0 aromatic heterocycles. The maximum Gasteiger partial charge on any atom is 0.341 e. The highest BCUT2D eigenvalue weighted by molar-refractivity contribution is 5.72. The molecule has 2 amide bonds. The fraction of sp³-hybridized carbons (Fsp3) is 0.889. The Hall–Kier alpha value is -0.770. The molecule has 0 fully saturated rings. The molecule has 0 saturated heterocycles. The summed E-state index contributed by atoms with van der Waals surface area (Å²) in [5, 5.41) is 12.5. The van der Waals surface area contributed by atoms with E-state index in [0.717, 1.165) is 30.7 Å². The van der Waals surface area contributed by atoms with Crippen LogP contribution in [0.5, 0.6) is 0 Å². The van der Waals surface area contributed by atoms with Gasteiger partial charge in [0.2, 0.25) is 0 Å². The molecule has 0 aromatic rings. The number of hydrogen-bond donors (Lipinski definition) is 2. The van der Waals surface area contributed by atoms with E-state index in [0.29, 0.717) is 13.1 Å². The largest absolute Gasteiger partial charge is 0.341 e. The van der Waals surface area contributed by atoms with Gasteiger partial charge in [0.1, 0.15) is 0 Å². The number of carbonyl (C=O) groups excluding carboxylic acids is 1. The van der Waals surface area contributed by atoms with E-state index < -0.39 is 0 Å². The highest BCUT2D eigenvalue weighted by Gasteiger charge is 2.07. The molecule has 0 aliphatic heterocycles. The second-order valence-corrected chi connectivity index (χ2v) is 3.06. The summed E-state index contributed by atoms with van der Waals surface area (Å²) >= 11 is 0. The molecule has 0 aliphatic rings. The number of nitrogens with zero attached hydrogens (tertiary/aromatic N) is 1. The monoisotopic (exact) mass is 188 g/mol. The summed E-state index contributed by atoms with van der Waals surface area (Å²) in [6.45, 7) is 5.12. The van der Waals surface area contributed by atoms with Gasteiger partial charge in [-0.1, -0.05) is 26.7 Å². The van der Waals surface area contributed by atoms with E-state index in [1.165, 1.54) is 0 Å². The van der Waals surface area contributed by atoms with Crippen molar-refractivity contribution in [2.75, 3.05) is 13.1 Å². The van der Waals surface area contributed by atoms with Crippen LogP contribution in [-0.4, -0.2) is 29.4 Å². The van der Waals surface area contributed by atoms with Crippen molar-refractivity contribution in [1.82, 2.24) is 10.4 Å². The number of amides is 2. The zero-order valence-corrected chi connectivity index (χ0v) is 8.55. The summed E-state index contributed by atoms with van der Waals surface area (Å²) in [7, 11) is 0. The van der Waals surface area contributed by atoms with Crippen LogP contribution < -0.4 is 5.32 Å². The van der Waals surface area contributed by atoms with Gasteiger partial charge < -0.3 is 5.32 Å². The van der Waals surface area contributed by atoms with E-state index in [1.807, 2.05) is 6.92 Å². The van der Waals surface area contributed by atoms with Gasteiger partial charge >= 0.3 is 6.03 Å². The third kappa shape index (κ3) is 6.40. The van der Waals surface area contributed by atoms with Gasteiger partial charge in [-0.2, -0.15) is 0 Å². The minimum atomic E-state index is -0.387. The number of nitrogens with one attached hydrogen (secondary N) is 1. The van der Waals surface area contributed by atoms with Crippen LogP contribution in [0.3, 0.4) is 0 Å². The topological polar surface area (TPSA) is 52.6 Å². The number of unbranched alkanes of at least 4 members (excludes halogenated alkanes) is 2. The van der Waals surface area contributed by atoms with Crippen molar-refractivity contribution in [2.45, 2.75) is 39.5 Å². The van der Waals surface area contributed by atoms with E-state index in [-0.39, 0.29) is 6.03 Å². The van der Waals surface area contributed by atoms with E-state index in [2.05, 4.69) is 12.2 Å². The molecule has 0 aromatic carbocycles. The van der Waals surface area contributed by atoms with E-state index in [4.69, 9.17) is 5.21 Å². The van der Waals surface area contributed by atoms with Crippen molar-refractivity contribution >= 4 is 6.03 Å². The van der Waals surface area contributed by atoms with Gasteiger partial charge in [0.25, 0.3) is 0 Å². The van der Waals surface area contributed by atoms with E-state index in [9.17, 15) is 4.79 Å². The first-order valence-corrected chi connectivity index (χ1v) is 4.96. The Balaban J connectivity index is 3.45. The first-order chi connectivity index (χ1) is 6.22. The summed E-state index contributed by atoms with van der Waals surface area (Å²) in [6.07, 6.45) is 3.80. The Labute approximate surface area is 79.9 Å². The average Bonchev–Trinajstić information content (AvgIpc) is 2.14. The fourth-order valence-electron chi connectivity index (χ4n) is 0.873. The Bertz CT molecular complexity index is 140.